The molecule has 5 heteroatoms. The molecule has 1 aromatic carbocycles. The van der Waals surface area contributed by atoms with E-state index in [1.165, 1.54) is 19.8 Å². The van der Waals surface area contributed by atoms with E-state index in [1.54, 1.807) is 6.92 Å². The van der Waals surface area contributed by atoms with Crippen LogP contribution in [-0.2, 0) is 30.3 Å². The van der Waals surface area contributed by atoms with Crippen LogP contribution in [0, 0.1) is 11.8 Å². The molecule has 0 aliphatic rings. The molecule has 0 amide bonds. The molecule has 0 saturated heterocycles. The molecule has 2 unspecified atom stereocenters. The molecule has 0 spiro atoms. The second-order valence-electron chi connectivity index (χ2n) is 6.32. The van der Waals surface area contributed by atoms with Gasteiger partial charge in [0.15, 0.2) is 5.78 Å². The Morgan fingerprint density at radius 3 is 2.00 bits per heavy atom. The van der Waals surface area contributed by atoms with E-state index in [1.807, 2.05) is 24.3 Å². The maximum absolute atomic E-state index is 12.6. The van der Waals surface area contributed by atoms with E-state index in [-0.39, 0.29) is 12.2 Å². The molecule has 5 nitrogen and oxygen atoms in total. The number of rotatable bonds is 8. The summed E-state index contributed by atoms with van der Waals surface area (Å²) >= 11 is 0. The first kappa shape index (κ1) is 19.9. The SMILES string of the molecule is COC(=O)CC(C(=O)OC)C(=O)C(C)c1ccc(CC(C)C)cc1. The van der Waals surface area contributed by atoms with Crippen molar-refractivity contribution in [2.24, 2.45) is 11.8 Å². The van der Waals surface area contributed by atoms with E-state index in [9.17, 15) is 14.4 Å². The van der Waals surface area contributed by atoms with Crippen LogP contribution in [0.5, 0.6) is 0 Å². The number of benzene rings is 1. The lowest BCUT2D eigenvalue weighted by atomic mass is 9.86. The first-order chi connectivity index (χ1) is 11.3. The summed E-state index contributed by atoms with van der Waals surface area (Å²) in [6.07, 6.45) is 0.660. The van der Waals surface area contributed by atoms with Gasteiger partial charge in [-0.3, -0.25) is 14.4 Å². The fourth-order valence-corrected chi connectivity index (χ4v) is 2.57. The van der Waals surface area contributed by atoms with E-state index >= 15 is 0 Å². The number of methoxy groups -OCH3 is 2. The molecule has 0 radical (unpaired) electrons. The number of Topliss-reactive ketones (excluding diaryl/α,β-unsaturated/α-hetero) is 1. The van der Waals surface area contributed by atoms with Gasteiger partial charge in [-0.15, -0.1) is 0 Å². The fourth-order valence-electron chi connectivity index (χ4n) is 2.57. The van der Waals surface area contributed by atoms with Crippen LogP contribution in [0.2, 0.25) is 0 Å². The Labute approximate surface area is 143 Å². The van der Waals surface area contributed by atoms with Crippen LogP contribution in [0.1, 0.15) is 44.2 Å². The molecule has 2 atom stereocenters. The third-order valence-corrected chi connectivity index (χ3v) is 3.98. The van der Waals surface area contributed by atoms with E-state index in [0.29, 0.717) is 5.92 Å². The molecule has 1 rings (SSSR count). The summed E-state index contributed by atoms with van der Waals surface area (Å²) in [6.45, 7) is 6.02. The average molecular weight is 334 g/mol. The molecule has 0 N–H and O–H groups in total. The zero-order valence-electron chi connectivity index (χ0n) is 15.0. The molecule has 24 heavy (non-hydrogen) atoms. The average Bonchev–Trinajstić information content (AvgIpc) is 2.57. The van der Waals surface area contributed by atoms with Crippen LogP contribution >= 0.6 is 0 Å². The van der Waals surface area contributed by atoms with Crippen LogP contribution in [0.25, 0.3) is 0 Å². The Kier molecular flexibility index (Phi) is 7.62. The van der Waals surface area contributed by atoms with Crippen molar-refractivity contribution in [1.29, 1.82) is 0 Å². The van der Waals surface area contributed by atoms with Crippen LogP contribution in [0.3, 0.4) is 0 Å². The Hall–Kier alpha value is -2.17. The maximum Gasteiger partial charge on any atom is 0.316 e. The Morgan fingerprint density at radius 2 is 1.54 bits per heavy atom. The molecule has 0 saturated carbocycles. The quantitative estimate of drug-likeness (QED) is 0.540. The number of ether oxygens (including phenoxy) is 2. The summed E-state index contributed by atoms with van der Waals surface area (Å²) in [4.78, 5) is 36.0. The predicted molar refractivity (Wildman–Crippen MR) is 90.5 cm³/mol. The van der Waals surface area contributed by atoms with Gasteiger partial charge in [-0.1, -0.05) is 45.0 Å². The highest BCUT2D eigenvalue weighted by atomic mass is 16.5. The minimum atomic E-state index is -1.15. The first-order valence-electron chi connectivity index (χ1n) is 8.07. The molecule has 0 bridgehead atoms. The smallest absolute Gasteiger partial charge is 0.316 e. The summed E-state index contributed by atoms with van der Waals surface area (Å²) in [5, 5.41) is 0. The molecule has 0 fully saturated rings. The molecule has 0 aliphatic heterocycles. The summed E-state index contributed by atoms with van der Waals surface area (Å²) in [5.41, 5.74) is 2.01. The normalized spacial score (nSPS) is 13.2. The van der Waals surface area contributed by atoms with Crippen molar-refractivity contribution in [2.75, 3.05) is 14.2 Å². The summed E-state index contributed by atoms with van der Waals surface area (Å²) in [6, 6.07) is 7.78. The second-order valence-corrected chi connectivity index (χ2v) is 6.32. The zero-order valence-corrected chi connectivity index (χ0v) is 15.0. The van der Waals surface area contributed by atoms with Crippen molar-refractivity contribution in [3.8, 4) is 0 Å². The highest BCUT2D eigenvalue weighted by Gasteiger charge is 2.34. The minimum absolute atomic E-state index is 0.308. The van der Waals surface area contributed by atoms with Crippen LogP contribution in [0.4, 0.5) is 0 Å². The van der Waals surface area contributed by atoms with Gasteiger partial charge in [0.05, 0.1) is 20.6 Å². The maximum atomic E-state index is 12.6. The number of esters is 2. The van der Waals surface area contributed by atoms with Crippen LogP contribution in [0.15, 0.2) is 24.3 Å². The lowest BCUT2D eigenvalue weighted by molar-refractivity contribution is -0.155. The van der Waals surface area contributed by atoms with E-state index < -0.39 is 23.8 Å². The Morgan fingerprint density at radius 1 is 0.958 bits per heavy atom. The number of carbonyl (C=O) groups excluding carboxylic acids is 3. The van der Waals surface area contributed by atoms with Gasteiger partial charge >= 0.3 is 11.9 Å². The van der Waals surface area contributed by atoms with E-state index in [0.717, 1.165) is 12.0 Å². The minimum Gasteiger partial charge on any atom is -0.469 e. The molecule has 1 aromatic rings. The van der Waals surface area contributed by atoms with Gasteiger partial charge in [-0.25, -0.2) is 0 Å². The Bertz CT molecular complexity index is 574. The summed E-state index contributed by atoms with van der Waals surface area (Å²) in [5.74, 6) is -2.77. The van der Waals surface area contributed by atoms with E-state index in [2.05, 4.69) is 23.3 Å². The van der Waals surface area contributed by atoms with Gasteiger partial charge in [0.1, 0.15) is 5.92 Å². The standard InChI is InChI=1S/C19H26O5/c1-12(2)10-14-6-8-15(9-7-14)13(3)18(21)16(19(22)24-5)11-17(20)23-4/h6-9,12-13,16H,10-11H2,1-5H3. The first-order valence-corrected chi connectivity index (χ1v) is 8.07. The van der Waals surface area contributed by atoms with Crippen molar-refractivity contribution in [2.45, 2.75) is 39.5 Å². The molecule has 0 heterocycles. The van der Waals surface area contributed by atoms with Gasteiger partial charge in [0, 0.05) is 5.92 Å². The predicted octanol–water partition coefficient (Wildman–Crippen LogP) is 2.91. The molecular weight excluding hydrogens is 308 g/mol. The van der Waals surface area contributed by atoms with Gasteiger partial charge in [0.2, 0.25) is 0 Å². The van der Waals surface area contributed by atoms with Crippen molar-refractivity contribution < 1.29 is 23.9 Å². The largest absolute Gasteiger partial charge is 0.469 e. The fraction of sp³-hybridized carbons (Fsp3) is 0.526. The van der Waals surface area contributed by atoms with Gasteiger partial charge < -0.3 is 9.47 Å². The Balaban J connectivity index is 2.92. The lowest BCUT2D eigenvalue weighted by Crippen LogP contribution is -2.31. The molecule has 0 aliphatic carbocycles. The van der Waals surface area contributed by atoms with Crippen LogP contribution in [-0.4, -0.2) is 31.9 Å². The third kappa shape index (κ3) is 5.48. The summed E-state index contributed by atoms with van der Waals surface area (Å²) < 4.78 is 9.22. The van der Waals surface area contributed by atoms with Gasteiger partial charge in [0.25, 0.3) is 0 Å². The highest BCUT2D eigenvalue weighted by molar-refractivity contribution is 6.04. The number of hydrogen-bond donors (Lipinski definition) is 0. The third-order valence-electron chi connectivity index (χ3n) is 3.98. The zero-order chi connectivity index (χ0) is 18.3. The van der Waals surface area contributed by atoms with Crippen molar-refractivity contribution in [1.82, 2.24) is 0 Å². The van der Waals surface area contributed by atoms with Crippen molar-refractivity contribution in [3.05, 3.63) is 35.4 Å². The van der Waals surface area contributed by atoms with E-state index in [4.69, 9.17) is 0 Å². The van der Waals surface area contributed by atoms with Gasteiger partial charge in [-0.05, 0) is 23.5 Å². The highest BCUT2D eigenvalue weighted by Crippen LogP contribution is 2.24. The lowest BCUT2D eigenvalue weighted by Gasteiger charge is -2.18. The van der Waals surface area contributed by atoms with Crippen molar-refractivity contribution in [3.63, 3.8) is 0 Å². The molecule has 0 aromatic heterocycles. The molecule has 132 valence electrons. The van der Waals surface area contributed by atoms with Crippen LogP contribution < -0.4 is 0 Å². The molecular formula is C19H26O5. The topological polar surface area (TPSA) is 69.7 Å². The monoisotopic (exact) mass is 334 g/mol. The number of carbonyl (C=O) groups is 3. The van der Waals surface area contributed by atoms with Crippen molar-refractivity contribution >= 4 is 17.7 Å². The summed E-state index contributed by atoms with van der Waals surface area (Å²) in [7, 11) is 2.42. The number of ketones is 1. The van der Waals surface area contributed by atoms with Gasteiger partial charge in [-0.2, -0.15) is 0 Å². The second kappa shape index (κ2) is 9.21. The number of hydrogen-bond acceptors (Lipinski definition) is 5.